The minimum atomic E-state index is -0.209. The van der Waals surface area contributed by atoms with Crippen LogP contribution in [0.2, 0.25) is 0 Å². The maximum atomic E-state index is 12.0. The zero-order valence-corrected chi connectivity index (χ0v) is 11.4. The molecule has 0 radical (unpaired) electrons. The molecule has 1 heterocycles. The molecule has 0 fully saturated rings. The molecule has 2 rings (SSSR count). The Balaban J connectivity index is 2.08. The van der Waals surface area contributed by atoms with E-state index in [1.165, 1.54) is 0 Å². The lowest BCUT2D eigenvalue weighted by Gasteiger charge is -2.10. The molecule has 2 amide bonds. The third-order valence-electron chi connectivity index (χ3n) is 2.99. The molecule has 0 bridgehead atoms. The van der Waals surface area contributed by atoms with Crippen molar-refractivity contribution in [3.05, 3.63) is 30.0 Å². The van der Waals surface area contributed by atoms with Gasteiger partial charge >= 0.3 is 0 Å². The molecular formula is C14H17N3O3. The van der Waals surface area contributed by atoms with Crippen LogP contribution < -0.4 is 15.4 Å². The molecule has 0 unspecified atom stereocenters. The number of rotatable bonds is 6. The van der Waals surface area contributed by atoms with Crippen molar-refractivity contribution in [3.63, 3.8) is 0 Å². The molecule has 1 aromatic heterocycles. The number of aromatic nitrogens is 1. The Morgan fingerprint density at radius 1 is 1.45 bits per heavy atom. The summed E-state index contributed by atoms with van der Waals surface area (Å²) in [4.78, 5) is 25.3. The van der Waals surface area contributed by atoms with E-state index in [0.29, 0.717) is 18.6 Å². The molecule has 106 valence electrons. The number of nitrogens with one attached hydrogen (secondary N) is 3. The third-order valence-corrected chi connectivity index (χ3v) is 2.99. The predicted molar refractivity (Wildman–Crippen MR) is 75.8 cm³/mol. The lowest BCUT2D eigenvalue weighted by atomic mass is 10.2. The standard InChI is InChI=1S/C14H17N3O3/c1-9(16-8-18)7-15-14(19)13-6-10-5-11(20-2)3-4-12(10)17-13/h3-6,8-9,17H,7H2,1-2H3,(H,15,19)(H,16,18)/t9-/m0/s1. The van der Waals surface area contributed by atoms with E-state index < -0.39 is 0 Å². The molecule has 0 aliphatic heterocycles. The first-order valence-corrected chi connectivity index (χ1v) is 6.28. The molecular weight excluding hydrogens is 258 g/mol. The van der Waals surface area contributed by atoms with Gasteiger partial charge in [-0.3, -0.25) is 9.59 Å². The highest BCUT2D eigenvalue weighted by molar-refractivity contribution is 5.98. The Labute approximate surface area is 116 Å². The summed E-state index contributed by atoms with van der Waals surface area (Å²) in [7, 11) is 1.60. The second-order valence-electron chi connectivity index (χ2n) is 4.53. The molecule has 20 heavy (non-hydrogen) atoms. The average Bonchev–Trinajstić information content (AvgIpc) is 2.87. The summed E-state index contributed by atoms with van der Waals surface area (Å²) in [5, 5.41) is 6.23. The summed E-state index contributed by atoms with van der Waals surface area (Å²) < 4.78 is 5.14. The van der Waals surface area contributed by atoms with E-state index >= 15 is 0 Å². The number of fused-ring (bicyclic) bond motifs is 1. The number of hydrogen-bond donors (Lipinski definition) is 3. The van der Waals surface area contributed by atoms with Gasteiger partial charge in [-0.1, -0.05) is 0 Å². The molecule has 0 spiro atoms. The molecule has 6 nitrogen and oxygen atoms in total. The molecule has 3 N–H and O–H groups in total. The highest BCUT2D eigenvalue weighted by Gasteiger charge is 2.10. The van der Waals surface area contributed by atoms with Crippen LogP contribution in [0, 0.1) is 0 Å². The van der Waals surface area contributed by atoms with Gasteiger partial charge in [-0.15, -0.1) is 0 Å². The van der Waals surface area contributed by atoms with Gasteiger partial charge in [0, 0.05) is 23.5 Å². The number of H-pyrrole nitrogens is 1. The van der Waals surface area contributed by atoms with Crippen molar-refractivity contribution in [2.45, 2.75) is 13.0 Å². The van der Waals surface area contributed by atoms with Crippen molar-refractivity contribution in [2.24, 2.45) is 0 Å². The molecule has 2 aromatic rings. The maximum Gasteiger partial charge on any atom is 0.267 e. The second-order valence-corrected chi connectivity index (χ2v) is 4.53. The van der Waals surface area contributed by atoms with Crippen molar-refractivity contribution < 1.29 is 14.3 Å². The largest absolute Gasteiger partial charge is 0.497 e. The van der Waals surface area contributed by atoms with Crippen LogP contribution in [0.4, 0.5) is 0 Å². The minimum Gasteiger partial charge on any atom is -0.497 e. The summed E-state index contributed by atoms with van der Waals surface area (Å²) in [6.07, 6.45) is 0.617. The average molecular weight is 275 g/mol. The number of carbonyl (C=O) groups excluding carboxylic acids is 2. The molecule has 0 saturated heterocycles. The Bertz CT molecular complexity index is 621. The lowest BCUT2D eigenvalue weighted by molar-refractivity contribution is -0.110. The minimum absolute atomic E-state index is 0.110. The fourth-order valence-corrected chi connectivity index (χ4v) is 1.88. The highest BCUT2D eigenvalue weighted by Crippen LogP contribution is 2.21. The van der Waals surface area contributed by atoms with Gasteiger partial charge in [0.1, 0.15) is 11.4 Å². The second kappa shape index (κ2) is 6.10. The molecule has 6 heteroatoms. The number of methoxy groups -OCH3 is 1. The molecule has 0 saturated carbocycles. The fraction of sp³-hybridized carbons (Fsp3) is 0.286. The van der Waals surface area contributed by atoms with E-state index in [-0.39, 0.29) is 11.9 Å². The number of benzene rings is 1. The first-order chi connectivity index (χ1) is 9.63. The number of carbonyl (C=O) groups is 2. The Kier molecular flexibility index (Phi) is 4.24. The smallest absolute Gasteiger partial charge is 0.267 e. The van der Waals surface area contributed by atoms with E-state index in [1.54, 1.807) is 13.2 Å². The van der Waals surface area contributed by atoms with Crippen molar-refractivity contribution >= 4 is 23.2 Å². The van der Waals surface area contributed by atoms with Gasteiger partial charge in [-0.05, 0) is 31.2 Å². The van der Waals surface area contributed by atoms with Crippen molar-refractivity contribution in [1.82, 2.24) is 15.6 Å². The topological polar surface area (TPSA) is 83.2 Å². The zero-order valence-electron chi connectivity index (χ0n) is 11.4. The maximum absolute atomic E-state index is 12.0. The first-order valence-electron chi connectivity index (χ1n) is 6.28. The summed E-state index contributed by atoms with van der Waals surface area (Å²) in [5.41, 5.74) is 1.35. The van der Waals surface area contributed by atoms with E-state index in [0.717, 1.165) is 16.7 Å². The third kappa shape index (κ3) is 3.09. The van der Waals surface area contributed by atoms with Crippen LogP contribution in [-0.2, 0) is 4.79 Å². The van der Waals surface area contributed by atoms with Crippen LogP contribution in [0.25, 0.3) is 10.9 Å². The van der Waals surface area contributed by atoms with Gasteiger partial charge in [-0.2, -0.15) is 0 Å². The van der Waals surface area contributed by atoms with Crippen molar-refractivity contribution in [1.29, 1.82) is 0 Å². The van der Waals surface area contributed by atoms with Gasteiger partial charge in [0.25, 0.3) is 5.91 Å². The molecule has 0 aliphatic rings. The Morgan fingerprint density at radius 3 is 2.95 bits per heavy atom. The van der Waals surface area contributed by atoms with Gasteiger partial charge in [0.05, 0.1) is 7.11 Å². The van der Waals surface area contributed by atoms with Gasteiger partial charge in [0.2, 0.25) is 6.41 Å². The summed E-state index contributed by atoms with van der Waals surface area (Å²) >= 11 is 0. The predicted octanol–water partition coefficient (Wildman–Crippen LogP) is 1.04. The number of aromatic amines is 1. The Hall–Kier alpha value is -2.50. The van der Waals surface area contributed by atoms with Gasteiger partial charge in [-0.25, -0.2) is 0 Å². The molecule has 1 aromatic carbocycles. The highest BCUT2D eigenvalue weighted by atomic mass is 16.5. The summed E-state index contributed by atoms with van der Waals surface area (Å²) in [6, 6.07) is 7.21. The lowest BCUT2D eigenvalue weighted by Crippen LogP contribution is -2.38. The van der Waals surface area contributed by atoms with Crippen LogP contribution >= 0.6 is 0 Å². The van der Waals surface area contributed by atoms with Gasteiger partial charge < -0.3 is 20.4 Å². The van der Waals surface area contributed by atoms with Crippen LogP contribution in [0.1, 0.15) is 17.4 Å². The fourth-order valence-electron chi connectivity index (χ4n) is 1.88. The van der Waals surface area contributed by atoms with Crippen molar-refractivity contribution in [2.75, 3.05) is 13.7 Å². The van der Waals surface area contributed by atoms with E-state index in [9.17, 15) is 9.59 Å². The van der Waals surface area contributed by atoms with Crippen LogP contribution in [0.5, 0.6) is 5.75 Å². The van der Waals surface area contributed by atoms with Crippen LogP contribution in [0.3, 0.4) is 0 Å². The van der Waals surface area contributed by atoms with E-state index in [4.69, 9.17) is 4.74 Å². The van der Waals surface area contributed by atoms with E-state index in [1.807, 2.05) is 25.1 Å². The Morgan fingerprint density at radius 2 is 2.25 bits per heavy atom. The normalized spacial score (nSPS) is 11.9. The quantitative estimate of drug-likeness (QED) is 0.689. The molecule has 1 atom stereocenters. The van der Waals surface area contributed by atoms with Crippen LogP contribution in [-0.4, -0.2) is 37.0 Å². The summed E-state index contributed by atoms with van der Waals surface area (Å²) in [5.74, 6) is 0.534. The van der Waals surface area contributed by atoms with Crippen molar-refractivity contribution in [3.8, 4) is 5.75 Å². The number of ether oxygens (including phenoxy) is 1. The first kappa shape index (κ1) is 13.9. The number of hydrogen-bond acceptors (Lipinski definition) is 3. The van der Waals surface area contributed by atoms with Gasteiger partial charge in [0.15, 0.2) is 0 Å². The monoisotopic (exact) mass is 275 g/mol. The van der Waals surface area contributed by atoms with Crippen LogP contribution in [0.15, 0.2) is 24.3 Å². The zero-order chi connectivity index (χ0) is 14.5. The number of amides is 2. The SMILES string of the molecule is COc1ccc2[nH]c(C(=O)NC[C@H](C)NC=O)cc2c1. The van der Waals surface area contributed by atoms with E-state index in [2.05, 4.69) is 15.6 Å². The molecule has 0 aliphatic carbocycles. The summed E-state index contributed by atoms with van der Waals surface area (Å²) in [6.45, 7) is 2.18.